The van der Waals surface area contributed by atoms with Gasteiger partial charge in [0.25, 0.3) is 0 Å². The van der Waals surface area contributed by atoms with E-state index < -0.39 is 0 Å². The molecule has 0 aliphatic heterocycles. The second kappa shape index (κ2) is 4.41. The molecule has 0 N–H and O–H groups in total. The summed E-state index contributed by atoms with van der Waals surface area (Å²) in [5.41, 5.74) is 0.201. The van der Waals surface area contributed by atoms with Crippen molar-refractivity contribution < 1.29 is 4.79 Å². The number of carbonyl (C=O) groups excluding carboxylic acids is 1. The highest BCUT2D eigenvalue weighted by Gasteiger charge is 2.30. The maximum Gasteiger partial charge on any atom is 0.133 e. The number of unbranched alkanes of at least 4 members (excludes halogenated alkanes) is 1. The molecule has 72 valence electrons. The van der Waals surface area contributed by atoms with Gasteiger partial charge < -0.3 is 0 Å². The summed E-state index contributed by atoms with van der Waals surface area (Å²) >= 11 is 0. The fraction of sp³-hybridized carbons (Fsp3) is 0.818. The van der Waals surface area contributed by atoms with Crippen LogP contribution in [0.1, 0.15) is 51.9 Å². The van der Waals surface area contributed by atoms with Gasteiger partial charge in [-0.15, -0.1) is 0 Å². The van der Waals surface area contributed by atoms with Crippen molar-refractivity contribution in [1.82, 2.24) is 0 Å². The normalized spacial score (nSPS) is 28.5. The average Bonchev–Trinajstić information content (AvgIpc) is 2.04. The van der Waals surface area contributed by atoms with Gasteiger partial charge in [-0.25, -0.2) is 0 Å². The van der Waals surface area contributed by atoms with E-state index in [-0.39, 0.29) is 5.41 Å². The van der Waals surface area contributed by atoms with E-state index in [2.05, 4.69) is 13.0 Å². The summed E-state index contributed by atoms with van der Waals surface area (Å²) in [6, 6.07) is 2.15. The molecule has 0 spiro atoms. The lowest BCUT2D eigenvalue weighted by Gasteiger charge is -2.32. The molecule has 13 heavy (non-hydrogen) atoms. The standard InChI is InChI=1S/C11H17NO/c1-11(6-2-3-8-12)7-4-5-10(13)9-11/h2-7,9H2,1H3. The number of rotatable bonds is 3. The number of Topliss-reactive ketones (excluding diaryl/α,β-unsaturated/α-hetero) is 1. The van der Waals surface area contributed by atoms with E-state index >= 15 is 0 Å². The first-order chi connectivity index (χ1) is 6.16. The van der Waals surface area contributed by atoms with Crippen molar-refractivity contribution >= 4 is 5.78 Å². The van der Waals surface area contributed by atoms with Gasteiger partial charge in [-0.3, -0.25) is 4.79 Å². The van der Waals surface area contributed by atoms with Crippen molar-refractivity contribution in [2.24, 2.45) is 5.41 Å². The van der Waals surface area contributed by atoms with Crippen molar-refractivity contribution in [2.75, 3.05) is 0 Å². The van der Waals surface area contributed by atoms with Crippen LogP contribution in [0.3, 0.4) is 0 Å². The zero-order valence-corrected chi connectivity index (χ0v) is 8.31. The summed E-state index contributed by atoms with van der Waals surface area (Å²) in [5, 5.41) is 8.41. The highest BCUT2D eigenvalue weighted by Crippen LogP contribution is 2.38. The van der Waals surface area contributed by atoms with Crippen LogP contribution < -0.4 is 0 Å². The Kier molecular flexibility index (Phi) is 3.48. The number of carbonyl (C=O) groups is 1. The lowest BCUT2D eigenvalue weighted by atomic mass is 9.72. The molecule has 1 saturated carbocycles. The Balaban J connectivity index is 2.36. The van der Waals surface area contributed by atoms with E-state index in [1.165, 1.54) is 0 Å². The summed E-state index contributed by atoms with van der Waals surface area (Å²) < 4.78 is 0. The lowest BCUT2D eigenvalue weighted by Crippen LogP contribution is -2.25. The molecule has 0 heterocycles. The number of ketones is 1. The molecule has 0 bridgehead atoms. The van der Waals surface area contributed by atoms with Crippen molar-refractivity contribution in [1.29, 1.82) is 5.26 Å². The lowest BCUT2D eigenvalue weighted by molar-refractivity contribution is -0.123. The van der Waals surface area contributed by atoms with Crippen LogP contribution in [0.2, 0.25) is 0 Å². The largest absolute Gasteiger partial charge is 0.300 e. The first kappa shape index (κ1) is 10.2. The summed E-state index contributed by atoms with van der Waals surface area (Å²) in [6.45, 7) is 2.18. The molecule has 2 nitrogen and oxygen atoms in total. The average molecular weight is 179 g/mol. The van der Waals surface area contributed by atoms with E-state index in [9.17, 15) is 4.79 Å². The minimum atomic E-state index is 0.201. The van der Waals surface area contributed by atoms with E-state index in [1.54, 1.807) is 0 Å². The third-order valence-corrected chi connectivity index (χ3v) is 2.93. The van der Waals surface area contributed by atoms with Crippen molar-refractivity contribution in [3.8, 4) is 6.07 Å². The number of nitrogens with zero attached hydrogens (tertiary/aromatic N) is 1. The van der Waals surface area contributed by atoms with Gasteiger partial charge in [0.1, 0.15) is 5.78 Å². The van der Waals surface area contributed by atoms with Crippen molar-refractivity contribution in [2.45, 2.75) is 51.9 Å². The minimum absolute atomic E-state index is 0.201. The van der Waals surface area contributed by atoms with Crippen LogP contribution in [0.25, 0.3) is 0 Å². The monoisotopic (exact) mass is 179 g/mol. The SMILES string of the molecule is CC1(CCCC#N)CCCC(=O)C1. The number of hydrogen-bond acceptors (Lipinski definition) is 2. The van der Waals surface area contributed by atoms with Crippen LogP contribution in [0.4, 0.5) is 0 Å². The molecule has 1 fully saturated rings. The Labute approximate surface area is 79.9 Å². The van der Waals surface area contributed by atoms with Crippen LogP contribution in [0.15, 0.2) is 0 Å². The second-order valence-electron chi connectivity index (χ2n) is 4.39. The topological polar surface area (TPSA) is 40.9 Å². The molecule has 1 atom stereocenters. The predicted octanol–water partition coefficient (Wildman–Crippen LogP) is 2.83. The van der Waals surface area contributed by atoms with Crippen LogP contribution in [-0.4, -0.2) is 5.78 Å². The van der Waals surface area contributed by atoms with Gasteiger partial charge in [0.2, 0.25) is 0 Å². The van der Waals surface area contributed by atoms with Crippen molar-refractivity contribution in [3.05, 3.63) is 0 Å². The zero-order chi connectivity index (χ0) is 9.73. The van der Waals surface area contributed by atoms with Crippen LogP contribution >= 0.6 is 0 Å². The molecule has 2 heteroatoms. The molecule has 0 aromatic rings. The molecular formula is C11H17NO. The van der Waals surface area contributed by atoms with E-state index in [0.29, 0.717) is 12.2 Å². The van der Waals surface area contributed by atoms with E-state index in [1.807, 2.05) is 0 Å². The van der Waals surface area contributed by atoms with Gasteiger partial charge in [-0.1, -0.05) is 6.92 Å². The number of hydrogen-bond donors (Lipinski definition) is 0. The quantitative estimate of drug-likeness (QED) is 0.625. The minimum Gasteiger partial charge on any atom is -0.300 e. The number of nitriles is 1. The van der Waals surface area contributed by atoms with Gasteiger partial charge in [0, 0.05) is 19.3 Å². The summed E-state index contributed by atoms with van der Waals surface area (Å²) in [5.74, 6) is 0.408. The van der Waals surface area contributed by atoms with Gasteiger partial charge in [-0.2, -0.15) is 5.26 Å². The second-order valence-corrected chi connectivity index (χ2v) is 4.39. The van der Waals surface area contributed by atoms with Gasteiger partial charge in [-0.05, 0) is 31.1 Å². The molecule has 0 amide bonds. The summed E-state index contributed by atoms with van der Waals surface area (Å²) in [6.07, 6.45) is 6.31. The zero-order valence-electron chi connectivity index (χ0n) is 8.31. The first-order valence-electron chi connectivity index (χ1n) is 5.05. The summed E-state index contributed by atoms with van der Waals surface area (Å²) in [4.78, 5) is 11.2. The van der Waals surface area contributed by atoms with Gasteiger partial charge in [0.15, 0.2) is 0 Å². The van der Waals surface area contributed by atoms with Crippen LogP contribution in [0, 0.1) is 16.7 Å². The van der Waals surface area contributed by atoms with Crippen LogP contribution in [0.5, 0.6) is 0 Å². The highest BCUT2D eigenvalue weighted by atomic mass is 16.1. The molecule has 0 radical (unpaired) electrons. The Morgan fingerprint density at radius 3 is 3.00 bits per heavy atom. The van der Waals surface area contributed by atoms with Crippen LogP contribution in [-0.2, 0) is 4.79 Å². The summed E-state index contributed by atoms with van der Waals surface area (Å²) in [7, 11) is 0. The molecule has 1 aliphatic rings. The maximum absolute atomic E-state index is 11.2. The Hall–Kier alpha value is -0.840. The highest BCUT2D eigenvalue weighted by molar-refractivity contribution is 5.79. The Bertz CT molecular complexity index is 229. The molecule has 0 aromatic carbocycles. The fourth-order valence-corrected chi connectivity index (χ4v) is 2.17. The van der Waals surface area contributed by atoms with Crippen molar-refractivity contribution in [3.63, 3.8) is 0 Å². The molecule has 0 aromatic heterocycles. The smallest absolute Gasteiger partial charge is 0.133 e. The Morgan fingerprint density at radius 2 is 2.38 bits per heavy atom. The van der Waals surface area contributed by atoms with Gasteiger partial charge >= 0.3 is 0 Å². The van der Waals surface area contributed by atoms with Gasteiger partial charge in [0.05, 0.1) is 6.07 Å². The molecule has 1 rings (SSSR count). The first-order valence-corrected chi connectivity index (χ1v) is 5.05. The third-order valence-electron chi connectivity index (χ3n) is 2.93. The Morgan fingerprint density at radius 1 is 1.62 bits per heavy atom. The fourth-order valence-electron chi connectivity index (χ4n) is 2.17. The molecule has 0 saturated heterocycles. The third kappa shape index (κ3) is 3.18. The van der Waals surface area contributed by atoms with E-state index in [0.717, 1.165) is 38.5 Å². The van der Waals surface area contributed by atoms with E-state index in [4.69, 9.17) is 5.26 Å². The molecular weight excluding hydrogens is 162 g/mol. The molecule has 1 aliphatic carbocycles. The maximum atomic E-state index is 11.2. The predicted molar refractivity (Wildman–Crippen MR) is 51.0 cm³/mol. The molecule has 1 unspecified atom stereocenters.